The number of methoxy groups -OCH3 is 1. The van der Waals surface area contributed by atoms with Crippen molar-refractivity contribution in [3.63, 3.8) is 0 Å². The molecule has 0 heterocycles. The minimum absolute atomic E-state index is 0.940. The Morgan fingerprint density at radius 1 is 1.18 bits per heavy atom. The van der Waals surface area contributed by atoms with Gasteiger partial charge in [0.15, 0.2) is 0 Å². The smallest absolute Gasteiger partial charge is 0.122 e. The Morgan fingerprint density at radius 3 is 2.36 bits per heavy atom. The molecule has 0 aromatic heterocycles. The van der Waals surface area contributed by atoms with Crippen molar-refractivity contribution in [2.45, 2.75) is 13.8 Å². The van der Waals surface area contributed by atoms with Gasteiger partial charge in [0.2, 0.25) is 0 Å². The highest BCUT2D eigenvalue weighted by Gasteiger charge is 1.99. The molecule has 1 aromatic rings. The maximum atomic E-state index is 5.15. The van der Waals surface area contributed by atoms with Crippen LogP contribution in [-0.4, -0.2) is 7.11 Å². The minimum Gasteiger partial charge on any atom is -0.496 e. The van der Waals surface area contributed by atoms with Gasteiger partial charge in [0.25, 0.3) is 0 Å². The van der Waals surface area contributed by atoms with E-state index < -0.39 is 0 Å². The molecule has 0 saturated heterocycles. The SMILES string of the molecule is [CH2]c1cc(C)c(OC)cc1C. The summed E-state index contributed by atoms with van der Waals surface area (Å²) in [6, 6.07) is 4.05. The Morgan fingerprint density at radius 2 is 1.82 bits per heavy atom. The highest BCUT2D eigenvalue weighted by atomic mass is 16.5. The highest BCUT2D eigenvalue weighted by molar-refractivity contribution is 5.42. The monoisotopic (exact) mass is 149 g/mol. The van der Waals surface area contributed by atoms with Crippen molar-refractivity contribution in [3.05, 3.63) is 35.7 Å². The van der Waals surface area contributed by atoms with E-state index in [-0.39, 0.29) is 0 Å². The molecule has 0 atom stereocenters. The third-order valence-corrected chi connectivity index (χ3v) is 1.85. The molecule has 0 amide bonds. The van der Waals surface area contributed by atoms with Crippen LogP contribution >= 0.6 is 0 Å². The van der Waals surface area contributed by atoms with E-state index in [4.69, 9.17) is 4.74 Å². The van der Waals surface area contributed by atoms with Crippen LogP contribution in [0, 0.1) is 20.8 Å². The Kier molecular flexibility index (Phi) is 2.18. The average molecular weight is 149 g/mol. The molecule has 0 saturated carbocycles. The molecule has 59 valence electrons. The molecule has 1 nitrogen and oxygen atoms in total. The van der Waals surface area contributed by atoms with Crippen LogP contribution in [0.1, 0.15) is 16.7 Å². The van der Waals surface area contributed by atoms with E-state index in [0.717, 1.165) is 16.9 Å². The lowest BCUT2D eigenvalue weighted by atomic mass is 10.1. The zero-order valence-electron chi connectivity index (χ0n) is 7.27. The first-order valence-corrected chi connectivity index (χ1v) is 3.62. The van der Waals surface area contributed by atoms with Crippen molar-refractivity contribution in [2.24, 2.45) is 0 Å². The predicted octanol–water partition coefficient (Wildman–Crippen LogP) is 2.49. The van der Waals surface area contributed by atoms with Gasteiger partial charge in [0, 0.05) is 0 Å². The molecule has 0 aliphatic carbocycles. The maximum Gasteiger partial charge on any atom is 0.122 e. The quantitative estimate of drug-likeness (QED) is 0.596. The number of hydrogen-bond donors (Lipinski definition) is 0. The minimum atomic E-state index is 0.940. The van der Waals surface area contributed by atoms with Gasteiger partial charge in [-0.1, -0.05) is 6.07 Å². The van der Waals surface area contributed by atoms with Gasteiger partial charge in [-0.05, 0) is 43.5 Å². The first-order chi connectivity index (χ1) is 5.15. The van der Waals surface area contributed by atoms with E-state index in [9.17, 15) is 0 Å². The lowest BCUT2D eigenvalue weighted by Crippen LogP contribution is -1.90. The molecule has 0 N–H and O–H groups in total. The number of hydrogen-bond acceptors (Lipinski definition) is 1. The molecule has 0 fully saturated rings. The second-order valence-electron chi connectivity index (χ2n) is 2.75. The Hall–Kier alpha value is -0.980. The number of ether oxygens (including phenoxy) is 1. The van der Waals surface area contributed by atoms with Gasteiger partial charge >= 0.3 is 0 Å². The molecule has 1 heteroatoms. The summed E-state index contributed by atoms with van der Waals surface area (Å²) in [5.74, 6) is 0.940. The van der Waals surface area contributed by atoms with Gasteiger partial charge in [-0.2, -0.15) is 0 Å². The fraction of sp³-hybridized carbons (Fsp3) is 0.300. The van der Waals surface area contributed by atoms with Crippen molar-refractivity contribution in [1.29, 1.82) is 0 Å². The average Bonchev–Trinajstić information content (AvgIpc) is 1.97. The summed E-state index contributed by atoms with van der Waals surface area (Å²) in [4.78, 5) is 0. The summed E-state index contributed by atoms with van der Waals surface area (Å²) in [5, 5.41) is 0. The Balaban J connectivity index is 3.21. The van der Waals surface area contributed by atoms with Gasteiger partial charge in [-0.3, -0.25) is 0 Å². The summed E-state index contributed by atoms with van der Waals surface area (Å²) >= 11 is 0. The van der Waals surface area contributed by atoms with E-state index in [0.29, 0.717) is 0 Å². The first-order valence-electron chi connectivity index (χ1n) is 3.62. The second-order valence-corrected chi connectivity index (χ2v) is 2.75. The van der Waals surface area contributed by atoms with Crippen LogP contribution in [-0.2, 0) is 0 Å². The van der Waals surface area contributed by atoms with Crippen LogP contribution < -0.4 is 4.74 Å². The van der Waals surface area contributed by atoms with Gasteiger partial charge in [0.05, 0.1) is 7.11 Å². The van der Waals surface area contributed by atoms with Crippen molar-refractivity contribution in [2.75, 3.05) is 7.11 Å². The number of aryl methyl sites for hydroxylation is 2. The maximum absolute atomic E-state index is 5.15. The molecule has 0 unspecified atom stereocenters. The molecule has 1 radical (unpaired) electrons. The highest BCUT2D eigenvalue weighted by Crippen LogP contribution is 2.21. The number of rotatable bonds is 1. The fourth-order valence-electron chi connectivity index (χ4n) is 1.07. The van der Waals surface area contributed by atoms with E-state index in [1.54, 1.807) is 7.11 Å². The third-order valence-electron chi connectivity index (χ3n) is 1.85. The van der Waals surface area contributed by atoms with E-state index in [1.165, 1.54) is 5.56 Å². The van der Waals surface area contributed by atoms with Crippen LogP contribution in [0.25, 0.3) is 0 Å². The standard InChI is InChI=1S/C10H13O/c1-7-5-9(3)10(11-4)6-8(7)2/h5-6H,1H2,2-4H3. The van der Waals surface area contributed by atoms with Gasteiger partial charge in [-0.25, -0.2) is 0 Å². The second kappa shape index (κ2) is 2.95. The van der Waals surface area contributed by atoms with Crippen LogP contribution in [0.15, 0.2) is 12.1 Å². The Bertz CT molecular complexity index is 264. The van der Waals surface area contributed by atoms with Crippen molar-refractivity contribution >= 4 is 0 Å². The first kappa shape index (κ1) is 8.12. The zero-order chi connectivity index (χ0) is 8.43. The lowest BCUT2D eigenvalue weighted by molar-refractivity contribution is 0.411. The van der Waals surface area contributed by atoms with Crippen molar-refractivity contribution in [3.8, 4) is 5.75 Å². The predicted molar refractivity (Wildman–Crippen MR) is 46.9 cm³/mol. The van der Waals surface area contributed by atoms with Crippen LogP contribution in [0.3, 0.4) is 0 Å². The van der Waals surface area contributed by atoms with E-state index in [2.05, 4.69) is 6.92 Å². The van der Waals surface area contributed by atoms with Crippen molar-refractivity contribution in [1.82, 2.24) is 0 Å². The normalized spacial score (nSPS) is 9.82. The largest absolute Gasteiger partial charge is 0.496 e. The molecule has 0 spiro atoms. The molecule has 1 aromatic carbocycles. The fourth-order valence-corrected chi connectivity index (χ4v) is 1.07. The summed E-state index contributed by atoms with van der Waals surface area (Å²) in [5.41, 5.74) is 3.39. The summed E-state index contributed by atoms with van der Waals surface area (Å²) < 4.78 is 5.15. The molecule has 11 heavy (non-hydrogen) atoms. The van der Waals surface area contributed by atoms with Gasteiger partial charge in [-0.15, -0.1) is 0 Å². The van der Waals surface area contributed by atoms with Gasteiger partial charge < -0.3 is 4.74 Å². The van der Waals surface area contributed by atoms with Crippen LogP contribution in [0.5, 0.6) is 5.75 Å². The summed E-state index contributed by atoms with van der Waals surface area (Å²) in [7, 11) is 1.69. The summed E-state index contributed by atoms with van der Waals surface area (Å²) in [6.45, 7) is 7.95. The molecular weight excluding hydrogens is 136 g/mol. The topological polar surface area (TPSA) is 9.23 Å². The van der Waals surface area contributed by atoms with Crippen LogP contribution in [0.2, 0.25) is 0 Å². The molecule has 1 rings (SSSR count). The molecule has 0 aliphatic rings. The lowest BCUT2D eigenvalue weighted by Gasteiger charge is -2.07. The van der Waals surface area contributed by atoms with Gasteiger partial charge in [0.1, 0.15) is 5.75 Å². The molecule has 0 bridgehead atoms. The van der Waals surface area contributed by atoms with E-state index in [1.807, 2.05) is 26.0 Å². The van der Waals surface area contributed by atoms with Crippen molar-refractivity contribution < 1.29 is 4.74 Å². The zero-order valence-corrected chi connectivity index (χ0v) is 7.27. The summed E-state index contributed by atoms with van der Waals surface area (Å²) in [6.07, 6.45) is 0. The number of benzene rings is 1. The Labute approximate surface area is 68.0 Å². The van der Waals surface area contributed by atoms with E-state index >= 15 is 0 Å². The van der Waals surface area contributed by atoms with Crippen LogP contribution in [0.4, 0.5) is 0 Å². The third kappa shape index (κ3) is 1.53. The molecular formula is C10H13O. The molecule has 0 aliphatic heterocycles.